The SMILES string of the molecule is NS(=O)(=O)c1cc(C(F)(F)F)cc(Br)c1-c1ccccc1. The number of sulfonamides is 1. The Bertz CT molecular complexity index is 774. The molecule has 0 fully saturated rings. The zero-order valence-corrected chi connectivity index (χ0v) is 12.8. The lowest BCUT2D eigenvalue weighted by molar-refractivity contribution is -0.137. The Morgan fingerprint density at radius 1 is 1.05 bits per heavy atom. The van der Waals surface area contributed by atoms with E-state index in [4.69, 9.17) is 5.14 Å². The number of alkyl halides is 3. The minimum absolute atomic E-state index is 0.00699. The second-order valence-corrected chi connectivity index (χ2v) is 6.62. The van der Waals surface area contributed by atoms with Crippen molar-refractivity contribution >= 4 is 26.0 Å². The number of primary sulfonamides is 1. The van der Waals surface area contributed by atoms with E-state index >= 15 is 0 Å². The molecule has 21 heavy (non-hydrogen) atoms. The van der Waals surface area contributed by atoms with Crippen LogP contribution in [0.15, 0.2) is 51.8 Å². The van der Waals surface area contributed by atoms with E-state index in [-0.39, 0.29) is 10.0 Å². The number of halogens is 4. The summed E-state index contributed by atoms with van der Waals surface area (Å²) in [5.74, 6) is 0. The van der Waals surface area contributed by atoms with Gasteiger partial charge in [-0.25, -0.2) is 13.6 Å². The van der Waals surface area contributed by atoms with Gasteiger partial charge in [-0.15, -0.1) is 0 Å². The van der Waals surface area contributed by atoms with Gasteiger partial charge in [-0.2, -0.15) is 13.2 Å². The monoisotopic (exact) mass is 379 g/mol. The topological polar surface area (TPSA) is 60.2 Å². The Kier molecular flexibility index (Phi) is 4.14. The molecule has 0 aliphatic heterocycles. The molecule has 0 spiro atoms. The number of hydrogen-bond acceptors (Lipinski definition) is 2. The fourth-order valence-electron chi connectivity index (χ4n) is 1.85. The van der Waals surface area contributed by atoms with Crippen LogP contribution in [0, 0.1) is 0 Å². The predicted octanol–water partition coefficient (Wildman–Crippen LogP) is 3.78. The first-order chi connectivity index (χ1) is 9.60. The Morgan fingerprint density at radius 2 is 1.62 bits per heavy atom. The Morgan fingerprint density at radius 3 is 2.10 bits per heavy atom. The summed E-state index contributed by atoms with van der Waals surface area (Å²) in [5.41, 5.74) is -0.536. The summed E-state index contributed by atoms with van der Waals surface area (Å²) in [6.45, 7) is 0. The van der Waals surface area contributed by atoms with E-state index in [1.54, 1.807) is 30.3 Å². The van der Waals surface area contributed by atoms with Gasteiger partial charge in [0, 0.05) is 10.0 Å². The molecule has 0 aliphatic carbocycles. The Balaban J connectivity index is 2.83. The molecule has 0 saturated heterocycles. The molecular weight excluding hydrogens is 371 g/mol. The highest BCUT2D eigenvalue weighted by atomic mass is 79.9. The first-order valence-electron chi connectivity index (χ1n) is 5.59. The first kappa shape index (κ1) is 16.0. The lowest BCUT2D eigenvalue weighted by Gasteiger charge is -2.14. The number of hydrogen-bond donors (Lipinski definition) is 1. The van der Waals surface area contributed by atoms with Crippen LogP contribution < -0.4 is 5.14 Å². The molecule has 8 heteroatoms. The van der Waals surface area contributed by atoms with Gasteiger partial charge in [-0.3, -0.25) is 0 Å². The molecule has 2 aromatic carbocycles. The van der Waals surface area contributed by atoms with E-state index in [0.717, 1.165) is 6.07 Å². The molecule has 112 valence electrons. The van der Waals surface area contributed by atoms with Crippen molar-refractivity contribution in [3.8, 4) is 11.1 Å². The molecule has 0 bridgehead atoms. The van der Waals surface area contributed by atoms with E-state index in [1.807, 2.05) is 0 Å². The van der Waals surface area contributed by atoms with Gasteiger partial charge >= 0.3 is 6.18 Å². The van der Waals surface area contributed by atoms with Gasteiger partial charge in [-0.05, 0) is 17.7 Å². The standard InChI is InChI=1S/C13H9BrF3NO2S/c14-10-6-9(13(15,16)17)7-11(21(18,19)20)12(10)8-4-2-1-3-5-8/h1-7H,(H2,18,19,20). The maximum Gasteiger partial charge on any atom is 0.416 e. The largest absolute Gasteiger partial charge is 0.416 e. The van der Waals surface area contributed by atoms with E-state index in [1.165, 1.54) is 0 Å². The van der Waals surface area contributed by atoms with Crippen molar-refractivity contribution in [2.75, 3.05) is 0 Å². The van der Waals surface area contributed by atoms with Gasteiger partial charge in [0.15, 0.2) is 0 Å². The van der Waals surface area contributed by atoms with Crippen molar-refractivity contribution in [2.24, 2.45) is 5.14 Å². The van der Waals surface area contributed by atoms with Crippen LogP contribution in [-0.4, -0.2) is 8.42 Å². The number of rotatable bonds is 2. The second kappa shape index (κ2) is 5.43. The summed E-state index contributed by atoms with van der Waals surface area (Å²) in [7, 11) is -4.32. The average Bonchev–Trinajstić information content (AvgIpc) is 2.36. The zero-order valence-electron chi connectivity index (χ0n) is 10.4. The molecule has 2 aromatic rings. The maximum absolute atomic E-state index is 12.8. The molecular formula is C13H9BrF3NO2S. The molecule has 0 aliphatic rings. The smallest absolute Gasteiger partial charge is 0.225 e. The van der Waals surface area contributed by atoms with Crippen LogP contribution in [0.1, 0.15) is 5.56 Å². The summed E-state index contributed by atoms with van der Waals surface area (Å²) in [5, 5.41) is 5.06. The molecule has 0 saturated carbocycles. The van der Waals surface area contributed by atoms with Crippen molar-refractivity contribution in [1.29, 1.82) is 0 Å². The van der Waals surface area contributed by atoms with E-state index < -0.39 is 26.7 Å². The van der Waals surface area contributed by atoms with Gasteiger partial charge in [-0.1, -0.05) is 46.3 Å². The van der Waals surface area contributed by atoms with Crippen molar-refractivity contribution in [2.45, 2.75) is 11.1 Å². The van der Waals surface area contributed by atoms with Crippen LogP contribution in [-0.2, 0) is 16.2 Å². The number of benzene rings is 2. The van der Waals surface area contributed by atoms with Crippen LogP contribution in [0.2, 0.25) is 0 Å². The molecule has 2 rings (SSSR count). The van der Waals surface area contributed by atoms with Crippen molar-refractivity contribution in [3.05, 3.63) is 52.5 Å². The van der Waals surface area contributed by atoms with Crippen molar-refractivity contribution < 1.29 is 21.6 Å². The summed E-state index contributed by atoms with van der Waals surface area (Å²) in [4.78, 5) is -0.574. The minimum Gasteiger partial charge on any atom is -0.225 e. The molecule has 3 nitrogen and oxygen atoms in total. The summed E-state index contributed by atoms with van der Waals surface area (Å²) in [6, 6.07) is 9.54. The van der Waals surface area contributed by atoms with Crippen LogP contribution in [0.5, 0.6) is 0 Å². The van der Waals surface area contributed by atoms with Gasteiger partial charge in [0.2, 0.25) is 10.0 Å². The fourth-order valence-corrected chi connectivity index (χ4v) is 3.48. The number of nitrogens with two attached hydrogens (primary N) is 1. The predicted molar refractivity (Wildman–Crippen MR) is 76.0 cm³/mol. The van der Waals surface area contributed by atoms with Crippen LogP contribution in [0.4, 0.5) is 13.2 Å². The third-order valence-electron chi connectivity index (χ3n) is 2.75. The van der Waals surface area contributed by atoms with Crippen LogP contribution in [0.3, 0.4) is 0 Å². The molecule has 0 heterocycles. The molecule has 0 unspecified atom stereocenters. The Labute approximate surface area is 127 Å². The lowest BCUT2D eigenvalue weighted by Crippen LogP contribution is -2.16. The summed E-state index contributed by atoms with van der Waals surface area (Å²) in [6.07, 6.45) is -4.67. The van der Waals surface area contributed by atoms with E-state index in [0.29, 0.717) is 11.6 Å². The molecule has 0 amide bonds. The molecule has 0 radical (unpaired) electrons. The fraction of sp³-hybridized carbons (Fsp3) is 0.0769. The molecule has 0 atom stereocenters. The highest BCUT2D eigenvalue weighted by Gasteiger charge is 2.33. The zero-order chi connectivity index (χ0) is 15.8. The highest BCUT2D eigenvalue weighted by Crippen LogP contribution is 2.39. The van der Waals surface area contributed by atoms with Crippen LogP contribution >= 0.6 is 15.9 Å². The van der Waals surface area contributed by atoms with E-state index in [2.05, 4.69) is 15.9 Å². The van der Waals surface area contributed by atoms with Crippen molar-refractivity contribution in [3.63, 3.8) is 0 Å². The average molecular weight is 380 g/mol. The minimum atomic E-state index is -4.67. The van der Waals surface area contributed by atoms with Gasteiger partial charge < -0.3 is 0 Å². The summed E-state index contributed by atoms with van der Waals surface area (Å²) >= 11 is 3.00. The van der Waals surface area contributed by atoms with E-state index in [9.17, 15) is 21.6 Å². The van der Waals surface area contributed by atoms with Gasteiger partial charge in [0.25, 0.3) is 0 Å². The normalized spacial score (nSPS) is 12.4. The van der Waals surface area contributed by atoms with Gasteiger partial charge in [0.1, 0.15) is 0 Å². The lowest BCUT2D eigenvalue weighted by atomic mass is 10.0. The Hall–Kier alpha value is -1.38. The highest BCUT2D eigenvalue weighted by molar-refractivity contribution is 9.10. The third kappa shape index (κ3) is 3.45. The van der Waals surface area contributed by atoms with Crippen molar-refractivity contribution in [1.82, 2.24) is 0 Å². The quantitative estimate of drug-likeness (QED) is 0.862. The van der Waals surface area contributed by atoms with Crippen LogP contribution in [0.25, 0.3) is 11.1 Å². The maximum atomic E-state index is 12.8. The second-order valence-electron chi connectivity index (χ2n) is 4.24. The van der Waals surface area contributed by atoms with Gasteiger partial charge in [0.05, 0.1) is 10.5 Å². The molecule has 0 aromatic heterocycles. The molecule has 2 N–H and O–H groups in total. The first-order valence-corrected chi connectivity index (χ1v) is 7.93. The third-order valence-corrected chi connectivity index (χ3v) is 4.31. The summed E-state index contributed by atoms with van der Waals surface area (Å²) < 4.78 is 61.7.